The maximum absolute atomic E-state index is 12.7. The molecular formula is C21H19N3O3S. The number of H-pyrrole nitrogens is 1. The number of nitrogens with one attached hydrogen (secondary N) is 2. The van der Waals surface area contributed by atoms with Gasteiger partial charge in [0.25, 0.3) is 0 Å². The molecule has 0 bridgehead atoms. The van der Waals surface area contributed by atoms with Crippen LogP contribution in [0.4, 0.5) is 0 Å². The summed E-state index contributed by atoms with van der Waals surface area (Å²) in [6, 6.07) is 21.8. The average Bonchev–Trinajstić information content (AvgIpc) is 3.17. The lowest BCUT2D eigenvalue weighted by molar-refractivity contribution is 0.414. The summed E-state index contributed by atoms with van der Waals surface area (Å²) < 4.78 is 33.2. The second-order valence-corrected chi connectivity index (χ2v) is 8.07. The highest BCUT2D eigenvalue weighted by Gasteiger charge is 2.16. The maximum atomic E-state index is 12.7. The van der Waals surface area contributed by atoms with Gasteiger partial charge in [-0.15, -0.1) is 0 Å². The number of sulfonamides is 1. The van der Waals surface area contributed by atoms with E-state index in [9.17, 15) is 8.42 Å². The van der Waals surface area contributed by atoms with E-state index in [0.717, 1.165) is 11.1 Å². The van der Waals surface area contributed by atoms with Crippen molar-refractivity contribution in [2.24, 2.45) is 0 Å². The zero-order valence-corrected chi connectivity index (χ0v) is 16.0. The molecule has 0 aliphatic carbocycles. The van der Waals surface area contributed by atoms with Crippen molar-refractivity contribution in [3.8, 4) is 17.1 Å². The van der Waals surface area contributed by atoms with E-state index in [1.54, 1.807) is 31.4 Å². The van der Waals surface area contributed by atoms with E-state index >= 15 is 0 Å². The monoisotopic (exact) mass is 393 g/mol. The van der Waals surface area contributed by atoms with Gasteiger partial charge in [-0.3, -0.25) is 0 Å². The smallest absolute Gasteiger partial charge is 0.240 e. The molecule has 0 aliphatic rings. The minimum absolute atomic E-state index is 0.176. The van der Waals surface area contributed by atoms with Gasteiger partial charge in [-0.2, -0.15) is 0 Å². The van der Waals surface area contributed by atoms with Crippen LogP contribution in [0.5, 0.6) is 5.75 Å². The van der Waals surface area contributed by atoms with Gasteiger partial charge in [0.15, 0.2) is 0 Å². The van der Waals surface area contributed by atoms with Crippen LogP contribution in [0.1, 0.15) is 5.56 Å². The van der Waals surface area contributed by atoms with Crippen molar-refractivity contribution in [3.63, 3.8) is 0 Å². The third-order valence-corrected chi connectivity index (χ3v) is 5.81. The van der Waals surface area contributed by atoms with Crippen LogP contribution < -0.4 is 9.46 Å². The van der Waals surface area contributed by atoms with Crippen molar-refractivity contribution < 1.29 is 13.2 Å². The van der Waals surface area contributed by atoms with E-state index in [1.807, 2.05) is 48.5 Å². The number of imidazole rings is 1. The first kappa shape index (κ1) is 18.2. The number of rotatable bonds is 6. The molecule has 3 aromatic carbocycles. The minimum Gasteiger partial charge on any atom is -0.497 e. The summed E-state index contributed by atoms with van der Waals surface area (Å²) in [5.41, 5.74) is 3.14. The number of nitrogens with zero attached hydrogens (tertiary/aromatic N) is 1. The first-order valence-corrected chi connectivity index (χ1v) is 10.2. The Morgan fingerprint density at radius 3 is 2.61 bits per heavy atom. The van der Waals surface area contributed by atoms with E-state index in [0.29, 0.717) is 22.6 Å². The van der Waals surface area contributed by atoms with Gasteiger partial charge in [0.1, 0.15) is 11.6 Å². The first-order chi connectivity index (χ1) is 13.5. The normalized spacial score (nSPS) is 11.6. The molecule has 1 aromatic heterocycles. The van der Waals surface area contributed by atoms with E-state index in [1.165, 1.54) is 0 Å². The fraction of sp³-hybridized carbons (Fsp3) is 0.0952. The van der Waals surface area contributed by atoms with Crippen LogP contribution in [0.15, 0.2) is 77.7 Å². The van der Waals surface area contributed by atoms with Gasteiger partial charge in [-0.05, 0) is 35.9 Å². The van der Waals surface area contributed by atoms with Gasteiger partial charge in [-0.25, -0.2) is 18.1 Å². The lowest BCUT2D eigenvalue weighted by Gasteiger charge is -2.08. The molecule has 142 valence electrons. The van der Waals surface area contributed by atoms with Gasteiger partial charge in [0.2, 0.25) is 10.0 Å². The van der Waals surface area contributed by atoms with Gasteiger partial charge in [0.05, 0.1) is 23.0 Å². The van der Waals surface area contributed by atoms with Crippen molar-refractivity contribution >= 4 is 21.1 Å². The molecule has 7 heteroatoms. The number of ether oxygens (including phenoxy) is 1. The highest BCUT2D eigenvalue weighted by Crippen LogP contribution is 2.23. The van der Waals surface area contributed by atoms with Crippen LogP contribution in [0, 0.1) is 0 Å². The molecule has 0 radical (unpaired) electrons. The molecule has 1 heterocycles. The Morgan fingerprint density at radius 2 is 1.82 bits per heavy atom. The van der Waals surface area contributed by atoms with Gasteiger partial charge in [0, 0.05) is 12.1 Å². The highest BCUT2D eigenvalue weighted by atomic mass is 32.2. The van der Waals surface area contributed by atoms with Gasteiger partial charge in [-0.1, -0.05) is 42.5 Å². The zero-order chi connectivity index (χ0) is 19.6. The second-order valence-electron chi connectivity index (χ2n) is 6.31. The van der Waals surface area contributed by atoms with E-state index in [2.05, 4.69) is 14.7 Å². The lowest BCUT2D eigenvalue weighted by Crippen LogP contribution is -2.23. The molecule has 0 saturated heterocycles. The van der Waals surface area contributed by atoms with Gasteiger partial charge < -0.3 is 9.72 Å². The third kappa shape index (κ3) is 3.76. The summed E-state index contributed by atoms with van der Waals surface area (Å²) in [4.78, 5) is 7.91. The van der Waals surface area contributed by atoms with Crippen molar-refractivity contribution in [3.05, 3.63) is 78.4 Å². The van der Waals surface area contributed by atoms with Crippen LogP contribution >= 0.6 is 0 Å². The number of aromatic amines is 1. The summed E-state index contributed by atoms with van der Waals surface area (Å²) in [7, 11) is -2.09. The molecule has 0 unspecified atom stereocenters. The van der Waals surface area contributed by atoms with Gasteiger partial charge >= 0.3 is 0 Å². The van der Waals surface area contributed by atoms with E-state index < -0.39 is 10.0 Å². The molecule has 0 spiro atoms. The number of aromatic nitrogens is 2. The molecule has 6 nitrogen and oxygen atoms in total. The molecular weight excluding hydrogens is 374 g/mol. The summed E-state index contributed by atoms with van der Waals surface area (Å²) in [5, 5.41) is 0. The molecule has 28 heavy (non-hydrogen) atoms. The maximum Gasteiger partial charge on any atom is 0.240 e. The summed E-state index contributed by atoms with van der Waals surface area (Å²) in [6.45, 7) is 0.176. The highest BCUT2D eigenvalue weighted by molar-refractivity contribution is 7.89. The van der Waals surface area contributed by atoms with Crippen molar-refractivity contribution in [2.75, 3.05) is 7.11 Å². The molecule has 0 atom stereocenters. The SMILES string of the molecule is COc1cccc(CNS(=O)(=O)c2ccc3nc(-c4ccccc4)[nH]c3c2)c1. The standard InChI is InChI=1S/C21H19N3O3S/c1-27-17-9-5-6-15(12-17)14-22-28(25,26)18-10-11-19-20(13-18)24-21(23-19)16-7-3-2-4-8-16/h2-13,22H,14H2,1H3,(H,23,24). The molecule has 0 fully saturated rings. The molecule has 2 N–H and O–H groups in total. The van der Waals surface area contributed by atoms with Crippen molar-refractivity contribution in [1.82, 2.24) is 14.7 Å². The predicted molar refractivity (Wildman–Crippen MR) is 109 cm³/mol. The number of hydrogen-bond acceptors (Lipinski definition) is 4. The van der Waals surface area contributed by atoms with Crippen LogP contribution in [0.25, 0.3) is 22.4 Å². The van der Waals surface area contributed by atoms with Crippen molar-refractivity contribution in [1.29, 1.82) is 0 Å². The van der Waals surface area contributed by atoms with Crippen LogP contribution in [0.2, 0.25) is 0 Å². The first-order valence-electron chi connectivity index (χ1n) is 8.73. The minimum atomic E-state index is -3.66. The number of methoxy groups -OCH3 is 1. The van der Waals surface area contributed by atoms with Crippen LogP contribution in [-0.4, -0.2) is 25.5 Å². The summed E-state index contributed by atoms with van der Waals surface area (Å²) in [5.74, 6) is 1.39. The number of fused-ring (bicyclic) bond motifs is 1. The Balaban J connectivity index is 1.58. The summed E-state index contributed by atoms with van der Waals surface area (Å²) in [6.07, 6.45) is 0. The topological polar surface area (TPSA) is 84.1 Å². The third-order valence-electron chi connectivity index (χ3n) is 4.41. The predicted octanol–water partition coefficient (Wildman–Crippen LogP) is 3.72. The quantitative estimate of drug-likeness (QED) is 0.523. The van der Waals surface area contributed by atoms with Crippen molar-refractivity contribution in [2.45, 2.75) is 11.4 Å². The largest absolute Gasteiger partial charge is 0.497 e. The Labute approximate surface area is 163 Å². The fourth-order valence-corrected chi connectivity index (χ4v) is 3.98. The molecule has 4 aromatic rings. The zero-order valence-electron chi connectivity index (χ0n) is 15.2. The molecule has 0 amide bonds. The van der Waals surface area contributed by atoms with E-state index in [4.69, 9.17) is 4.74 Å². The fourth-order valence-electron chi connectivity index (χ4n) is 2.93. The second kappa shape index (κ2) is 7.46. The van der Waals surface area contributed by atoms with Crippen LogP contribution in [-0.2, 0) is 16.6 Å². The lowest BCUT2D eigenvalue weighted by atomic mass is 10.2. The van der Waals surface area contributed by atoms with Crippen LogP contribution in [0.3, 0.4) is 0 Å². The Kier molecular flexibility index (Phi) is 4.85. The number of benzene rings is 3. The summed E-state index contributed by atoms with van der Waals surface area (Å²) >= 11 is 0. The molecule has 0 aliphatic heterocycles. The average molecular weight is 393 g/mol. The Hall–Kier alpha value is -3.16. The van der Waals surface area contributed by atoms with E-state index in [-0.39, 0.29) is 11.4 Å². The Bertz CT molecular complexity index is 1220. The number of hydrogen-bond donors (Lipinski definition) is 2. The molecule has 4 rings (SSSR count). The molecule has 0 saturated carbocycles. The Morgan fingerprint density at radius 1 is 1.00 bits per heavy atom.